The van der Waals surface area contributed by atoms with Crippen LogP contribution in [-0.2, 0) is 4.74 Å². The van der Waals surface area contributed by atoms with Crippen molar-refractivity contribution >= 4 is 28.5 Å². The fourth-order valence-corrected chi connectivity index (χ4v) is 3.55. The van der Waals surface area contributed by atoms with Crippen LogP contribution in [0.25, 0.3) is 22.2 Å². The average Bonchev–Trinajstić information content (AvgIpc) is 2.91. The second-order valence-corrected chi connectivity index (χ2v) is 8.22. The van der Waals surface area contributed by atoms with E-state index in [-0.39, 0.29) is 18.1 Å². The number of benzene rings is 2. The first kappa shape index (κ1) is 24.4. The molecule has 2 aromatic carbocycles. The lowest BCUT2D eigenvalue weighted by molar-refractivity contribution is 0.0594. The van der Waals surface area contributed by atoms with E-state index in [9.17, 15) is 9.59 Å². The summed E-state index contributed by atoms with van der Waals surface area (Å²) in [6.45, 7) is 4.38. The van der Waals surface area contributed by atoms with Crippen LogP contribution in [0.5, 0.6) is 5.75 Å². The van der Waals surface area contributed by atoms with Crippen LogP contribution in [0.2, 0.25) is 0 Å². The van der Waals surface area contributed by atoms with Crippen molar-refractivity contribution in [1.82, 2.24) is 15.0 Å². The normalized spacial score (nSPS) is 10.6. The molecule has 1 N–H and O–H groups in total. The number of carbonyl (C=O) groups excluding carboxylic acids is 2. The van der Waals surface area contributed by atoms with Gasteiger partial charge in [0.1, 0.15) is 18.1 Å². The molecule has 0 spiro atoms. The van der Waals surface area contributed by atoms with Gasteiger partial charge in [-0.1, -0.05) is 44.0 Å². The second kappa shape index (κ2) is 10.7. The van der Waals surface area contributed by atoms with E-state index >= 15 is 0 Å². The van der Waals surface area contributed by atoms with Crippen LogP contribution in [-0.4, -0.2) is 40.5 Å². The minimum atomic E-state index is -0.565. The molecule has 2 aromatic heterocycles. The third kappa shape index (κ3) is 5.31. The lowest BCUT2D eigenvalue weighted by Gasteiger charge is -2.12. The van der Waals surface area contributed by atoms with Gasteiger partial charge < -0.3 is 14.8 Å². The molecule has 0 unspecified atom stereocenters. The molecule has 2 heterocycles. The van der Waals surface area contributed by atoms with Gasteiger partial charge in [0, 0.05) is 10.9 Å². The summed E-state index contributed by atoms with van der Waals surface area (Å²) in [6.07, 6.45) is 6.69. The Morgan fingerprint density at radius 1 is 1.06 bits per heavy atom. The highest BCUT2D eigenvalue weighted by Crippen LogP contribution is 2.30. The molecular weight excluding hydrogens is 456 g/mol. The number of pyridine rings is 1. The zero-order chi connectivity index (χ0) is 25.7. The highest BCUT2D eigenvalue weighted by Gasteiger charge is 2.17. The van der Waals surface area contributed by atoms with Gasteiger partial charge in [0.2, 0.25) is 5.82 Å². The minimum absolute atomic E-state index is 0.0141. The lowest BCUT2D eigenvalue weighted by Crippen LogP contribution is -2.17. The molecule has 36 heavy (non-hydrogen) atoms. The number of esters is 1. The van der Waals surface area contributed by atoms with Gasteiger partial charge >= 0.3 is 5.97 Å². The Morgan fingerprint density at radius 3 is 2.47 bits per heavy atom. The molecule has 8 nitrogen and oxygen atoms in total. The number of nitrogens with one attached hydrogen (secondary N) is 1. The van der Waals surface area contributed by atoms with E-state index in [2.05, 4.69) is 44.8 Å². The zero-order valence-corrected chi connectivity index (χ0v) is 20.1. The Hall–Kier alpha value is -4.77. The van der Waals surface area contributed by atoms with Crippen molar-refractivity contribution in [1.29, 1.82) is 0 Å². The molecule has 0 atom stereocenters. The third-order valence-corrected chi connectivity index (χ3v) is 5.46. The van der Waals surface area contributed by atoms with Crippen LogP contribution >= 0.6 is 0 Å². The Bertz CT molecular complexity index is 1460. The third-order valence-electron chi connectivity index (χ3n) is 5.46. The molecule has 0 aliphatic rings. The van der Waals surface area contributed by atoms with E-state index in [0.29, 0.717) is 28.6 Å². The minimum Gasteiger partial charge on any atom is -0.481 e. The molecule has 0 bridgehead atoms. The SMILES string of the molecule is C#CCOc1ccc2nc(C(=O)Nc3ccc(C(=O)OC)nc3)nc(-c3ccc(C(C)C)cc3)c2c1. The van der Waals surface area contributed by atoms with E-state index in [4.69, 9.17) is 11.2 Å². The molecular formula is C28H24N4O4. The number of ether oxygens (including phenoxy) is 2. The number of carbonyl (C=O) groups is 2. The number of amides is 1. The maximum Gasteiger partial charge on any atom is 0.356 e. The number of rotatable bonds is 7. The van der Waals surface area contributed by atoms with E-state index < -0.39 is 11.9 Å². The summed E-state index contributed by atoms with van der Waals surface area (Å²) in [5.74, 6) is 2.32. The van der Waals surface area contributed by atoms with Crippen molar-refractivity contribution in [3.63, 3.8) is 0 Å². The Balaban J connectivity index is 1.73. The fraction of sp³-hybridized carbons (Fsp3) is 0.179. The van der Waals surface area contributed by atoms with Crippen molar-refractivity contribution in [2.75, 3.05) is 19.0 Å². The zero-order valence-electron chi connectivity index (χ0n) is 20.1. The fourth-order valence-electron chi connectivity index (χ4n) is 3.55. The summed E-state index contributed by atoms with van der Waals surface area (Å²) in [6, 6.07) is 16.4. The number of fused-ring (bicyclic) bond motifs is 1. The number of terminal acetylenes is 1. The predicted octanol–water partition coefficient (Wildman–Crippen LogP) is 4.87. The maximum absolute atomic E-state index is 13.1. The van der Waals surface area contributed by atoms with Crippen LogP contribution in [0.1, 0.15) is 46.4 Å². The summed E-state index contributed by atoms with van der Waals surface area (Å²) in [4.78, 5) is 37.7. The molecule has 0 saturated heterocycles. The predicted molar refractivity (Wildman–Crippen MR) is 137 cm³/mol. The van der Waals surface area contributed by atoms with Gasteiger partial charge in [-0.15, -0.1) is 6.42 Å². The second-order valence-electron chi connectivity index (χ2n) is 8.22. The topological polar surface area (TPSA) is 103 Å². The molecule has 0 aliphatic heterocycles. The van der Waals surface area contributed by atoms with E-state index in [1.807, 2.05) is 30.3 Å². The molecule has 0 saturated carbocycles. The maximum atomic E-state index is 13.1. The van der Waals surface area contributed by atoms with Gasteiger partial charge in [0.25, 0.3) is 5.91 Å². The van der Waals surface area contributed by atoms with Crippen molar-refractivity contribution in [2.24, 2.45) is 0 Å². The first-order chi connectivity index (χ1) is 17.4. The number of methoxy groups -OCH3 is 1. The summed E-state index contributed by atoms with van der Waals surface area (Å²) in [5.41, 5.74) is 3.70. The van der Waals surface area contributed by atoms with Gasteiger partial charge in [-0.05, 0) is 41.8 Å². The number of aromatic nitrogens is 3. The van der Waals surface area contributed by atoms with Crippen LogP contribution in [0, 0.1) is 12.3 Å². The van der Waals surface area contributed by atoms with Crippen molar-refractivity contribution in [2.45, 2.75) is 19.8 Å². The monoisotopic (exact) mass is 480 g/mol. The summed E-state index contributed by atoms with van der Waals surface area (Å²) in [7, 11) is 1.27. The van der Waals surface area contributed by atoms with E-state index in [1.165, 1.54) is 24.9 Å². The van der Waals surface area contributed by atoms with E-state index in [1.54, 1.807) is 18.2 Å². The molecule has 0 radical (unpaired) electrons. The number of hydrogen-bond donors (Lipinski definition) is 1. The molecule has 8 heteroatoms. The summed E-state index contributed by atoms with van der Waals surface area (Å²) in [5, 5.41) is 3.45. The molecule has 180 valence electrons. The Morgan fingerprint density at radius 2 is 1.83 bits per heavy atom. The molecule has 1 amide bonds. The quantitative estimate of drug-likeness (QED) is 0.297. The highest BCUT2D eigenvalue weighted by molar-refractivity contribution is 6.04. The highest BCUT2D eigenvalue weighted by atomic mass is 16.5. The average molecular weight is 481 g/mol. The van der Waals surface area contributed by atoms with Crippen LogP contribution in [0.4, 0.5) is 5.69 Å². The molecule has 4 aromatic rings. The van der Waals surface area contributed by atoms with Gasteiger partial charge in [0.05, 0.1) is 30.2 Å². The van der Waals surface area contributed by atoms with Crippen molar-refractivity contribution < 1.29 is 19.1 Å². The van der Waals surface area contributed by atoms with Gasteiger partial charge in [-0.25, -0.2) is 19.7 Å². The van der Waals surface area contributed by atoms with Crippen LogP contribution < -0.4 is 10.1 Å². The van der Waals surface area contributed by atoms with Gasteiger partial charge in [-0.2, -0.15) is 0 Å². The largest absolute Gasteiger partial charge is 0.481 e. The molecule has 0 fully saturated rings. The summed E-state index contributed by atoms with van der Waals surface area (Å²) >= 11 is 0. The first-order valence-corrected chi connectivity index (χ1v) is 11.2. The lowest BCUT2D eigenvalue weighted by atomic mass is 9.99. The number of anilines is 1. The molecule has 0 aliphatic carbocycles. The molecule has 4 rings (SSSR count). The smallest absolute Gasteiger partial charge is 0.356 e. The first-order valence-electron chi connectivity index (χ1n) is 11.2. The van der Waals surface area contributed by atoms with Crippen LogP contribution in [0.3, 0.4) is 0 Å². The van der Waals surface area contributed by atoms with Gasteiger partial charge in [0.15, 0.2) is 0 Å². The number of nitrogens with zero attached hydrogens (tertiary/aromatic N) is 3. The Labute approximate surface area is 208 Å². The summed E-state index contributed by atoms with van der Waals surface area (Å²) < 4.78 is 10.2. The number of hydrogen-bond acceptors (Lipinski definition) is 7. The standard InChI is InChI=1S/C28H24N4O4/c1-5-14-36-21-11-13-23-22(15-21)25(19-8-6-18(7-9-19)17(2)3)32-26(31-23)27(33)30-20-10-12-24(29-16-20)28(34)35-4/h1,6-13,15-17H,14H2,2-4H3,(H,30,33). The van der Waals surface area contributed by atoms with E-state index in [0.717, 1.165) is 10.9 Å². The van der Waals surface area contributed by atoms with Crippen molar-refractivity contribution in [3.05, 3.63) is 77.9 Å². The Kier molecular flexibility index (Phi) is 7.21. The van der Waals surface area contributed by atoms with Crippen LogP contribution in [0.15, 0.2) is 60.8 Å². The van der Waals surface area contributed by atoms with Gasteiger partial charge in [-0.3, -0.25) is 4.79 Å². The van der Waals surface area contributed by atoms with Crippen molar-refractivity contribution in [3.8, 4) is 29.4 Å².